The van der Waals surface area contributed by atoms with Gasteiger partial charge in [-0.2, -0.15) is 0 Å². The number of carbonyl (C=O) groups excluding carboxylic acids is 1. The van der Waals surface area contributed by atoms with E-state index < -0.39 is 0 Å². The average Bonchev–Trinajstić information content (AvgIpc) is 2.65. The van der Waals surface area contributed by atoms with E-state index in [0.29, 0.717) is 5.76 Å². The number of esters is 1. The van der Waals surface area contributed by atoms with Crippen molar-refractivity contribution in [3.8, 4) is 0 Å². The zero-order chi connectivity index (χ0) is 16.9. The quantitative estimate of drug-likeness (QED) is 0.777. The SMILES string of the molecule is CCN(CC)[C@H]1C(=O)OC(c2ccccc2)=C[C@@H]1c1ccccc1. The second-order valence-electron chi connectivity index (χ2n) is 5.92. The van der Waals surface area contributed by atoms with Crippen molar-refractivity contribution in [1.29, 1.82) is 0 Å². The molecule has 0 spiro atoms. The Morgan fingerprint density at radius 2 is 1.50 bits per heavy atom. The van der Waals surface area contributed by atoms with Crippen LogP contribution < -0.4 is 0 Å². The zero-order valence-electron chi connectivity index (χ0n) is 14.2. The summed E-state index contributed by atoms with van der Waals surface area (Å²) in [6, 6.07) is 19.7. The molecule has 0 saturated carbocycles. The van der Waals surface area contributed by atoms with Crippen LogP contribution in [0.3, 0.4) is 0 Å². The van der Waals surface area contributed by atoms with Crippen molar-refractivity contribution in [2.45, 2.75) is 25.8 Å². The van der Waals surface area contributed by atoms with Crippen molar-refractivity contribution in [1.82, 2.24) is 4.90 Å². The van der Waals surface area contributed by atoms with Crippen molar-refractivity contribution in [3.63, 3.8) is 0 Å². The third-order valence-corrected chi connectivity index (χ3v) is 4.57. The van der Waals surface area contributed by atoms with E-state index in [0.717, 1.165) is 24.2 Å². The number of hydrogen-bond acceptors (Lipinski definition) is 3. The predicted octanol–water partition coefficient (Wildman–Crippen LogP) is 4.08. The molecule has 0 amide bonds. The third-order valence-electron chi connectivity index (χ3n) is 4.57. The summed E-state index contributed by atoms with van der Waals surface area (Å²) in [5, 5.41) is 0. The van der Waals surface area contributed by atoms with Gasteiger partial charge in [-0.25, -0.2) is 4.79 Å². The minimum absolute atomic E-state index is 0.0115. The van der Waals surface area contributed by atoms with Gasteiger partial charge in [0, 0.05) is 11.5 Å². The second-order valence-corrected chi connectivity index (χ2v) is 5.92. The van der Waals surface area contributed by atoms with Gasteiger partial charge < -0.3 is 4.74 Å². The summed E-state index contributed by atoms with van der Waals surface area (Å²) < 4.78 is 5.70. The zero-order valence-corrected chi connectivity index (χ0v) is 14.2. The van der Waals surface area contributed by atoms with Gasteiger partial charge in [-0.3, -0.25) is 4.90 Å². The molecule has 0 fully saturated rings. The lowest BCUT2D eigenvalue weighted by atomic mass is 9.87. The highest BCUT2D eigenvalue weighted by Crippen LogP contribution is 2.35. The minimum Gasteiger partial charge on any atom is -0.425 e. The van der Waals surface area contributed by atoms with E-state index in [1.807, 2.05) is 48.5 Å². The molecule has 3 nitrogen and oxygen atoms in total. The molecule has 3 heteroatoms. The first-order valence-electron chi connectivity index (χ1n) is 8.52. The summed E-state index contributed by atoms with van der Waals surface area (Å²) in [7, 11) is 0. The van der Waals surface area contributed by atoms with Gasteiger partial charge in [0.2, 0.25) is 0 Å². The van der Waals surface area contributed by atoms with Crippen LogP contribution in [0, 0.1) is 0 Å². The molecule has 24 heavy (non-hydrogen) atoms. The van der Waals surface area contributed by atoms with Gasteiger partial charge >= 0.3 is 5.97 Å². The Balaban J connectivity index is 2.06. The molecular weight excluding hydrogens is 298 g/mol. The van der Waals surface area contributed by atoms with Crippen LogP contribution in [-0.4, -0.2) is 30.0 Å². The highest BCUT2D eigenvalue weighted by atomic mass is 16.5. The number of benzene rings is 2. The van der Waals surface area contributed by atoms with E-state index in [1.54, 1.807) is 0 Å². The number of ether oxygens (including phenoxy) is 1. The maximum absolute atomic E-state index is 12.8. The smallest absolute Gasteiger partial charge is 0.329 e. The monoisotopic (exact) mass is 321 g/mol. The van der Waals surface area contributed by atoms with Crippen molar-refractivity contribution >= 4 is 11.7 Å². The Hall–Kier alpha value is -2.39. The predicted molar refractivity (Wildman–Crippen MR) is 96.4 cm³/mol. The van der Waals surface area contributed by atoms with Crippen LogP contribution in [0.4, 0.5) is 0 Å². The molecule has 124 valence electrons. The fourth-order valence-electron chi connectivity index (χ4n) is 3.31. The molecule has 0 aromatic heterocycles. The van der Waals surface area contributed by atoms with Crippen molar-refractivity contribution < 1.29 is 9.53 Å². The molecule has 0 radical (unpaired) electrons. The lowest BCUT2D eigenvalue weighted by molar-refractivity contribution is -0.144. The van der Waals surface area contributed by atoms with Gasteiger partial charge in [-0.05, 0) is 24.7 Å². The van der Waals surface area contributed by atoms with Crippen LogP contribution in [0.2, 0.25) is 0 Å². The van der Waals surface area contributed by atoms with Crippen LogP contribution in [0.15, 0.2) is 66.7 Å². The van der Waals surface area contributed by atoms with Crippen LogP contribution >= 0.6 is 0 Å². The second kappa shape index (κ2) is 7.45. The number of cyclic esters (lactones) is 1. The molecule has 0 bridgehead atoms. The van der Waals surface area contributed by atoms with Crippen molar-refractivity contribution in [2.75, 3.05) is 13.1 Å². The summed E-state index contributed by atoms with van der Waals surface area (Å²) >= 11 is 0. The highest BCUT2D eigenvalue weighted by molar-refractivity contribution is 5.87. The van der Waals surface area contributed by atoms with Crippen LogP contribution in [0.5, 0.6) is 0 Å². The molecule has 3 rings (SSSR count). The topological polar surface area (TPSA) is 29.5 Å². The third kappa shape index (κ3) is 3.26. The Kier molecular flexibility index (Phi) is 5.11. The maximum atomic E-state index is 12.8. The fourth-order valence-corrected chi connectivity index (χ4v) is 3.31. The van der Waals surface area contributed by atoms with Gasteiger partial charge in [0.1, 0.15) is 11.8 Å². The summed E-state index contributed by atoms with van der Waals surface area (Å²) in [5.74, 6) is 0.467. The normalized spacial score (nSPS) is 20.6. The number of nitrogens with zero attached hydrogens (tertiary/aromatic N) is 1. The molecule has 0 unspecified atom stereocenters. The lowest BCUT2D eigenvalue weighted by Crippen LogP contribution is -2.47. The van der Waals surface area contributed by atoms with E-state index in [9.17, 15) is 4.79 Å². The first kappa shape index (κ1) is 16.5. The largest absolute Gasteiger partial charge is 0.425 e. The van der Waals surface area contributed by atoms with Gasteiger partial charge in [0.25, 0.3) is 0 Å². The first-order chi connectivity index (χ1) is 11.7. The standard InChI is InChI=1S/C21H23NO2/c1-3-22(4-2)20-18(16-11-7-5-8-12-16)15-19(24-21(20)23)17-13-9-6-10-14-17/h5-15,18,20H,3-4H2,1-2H3/t18-,20-/m1/s1. The highest BCUT2D eigenvalue weighted by Gasteiger charge is 2.38. The Labute approximate surface area is 143 Å². The molecule has 0 N–H and O–H groups in total. The van der Waals surface area contributed by atoms with Gasteiger partial charge in [-0.1, -0.05) is 74.5 Å². The number of carbonyl (C=O) groups is 1. The number of hydrogen-bond donors (Lipinski definition) is 0. The molecule has 1 aliphatic rings. The summed E-state index contributed by atoms with van der Waals surface area (Å²) in [6.45, 7) is 5.78. The molecule has 1 heterocycles. The van der Waals surface area contributed by atoms with Gasteiger partial charge in [0.15, 0.2) is 0 Å². The van der Waals surface area contributed by atoms with E-state index in [1.165, 1.54) is 0 Å². The molecule has 1 aliphatic heterocycles. The van der Waals surface area contributed by atoms with Crippen LogP contribution in [0.1, 0.15) is 30.9 Å². The Morgan fingerprint density at radius 1 is 0.917 bits per heavy atom. The first-order valence-corrected chi connectivity index (χ1v) is 8.52. The molecule has 2 aromatic carbocycles. The number of likely N-dealkylation sites (N-methyl/N-ethyl adjacent to an activating group) is 1. The lowest BCUT2D eigenvalue weighted by Gasteiger charge is -2.36. The summed E-state index contributed by atoms with van der Waals surface area (Å²) in [5.41, 5.74) is 2.07. The summed E-state index contributed by atoms with van der Waals surface area (Å²) in [4.78, 5) is 15.0. The van der Waals surface area contributed by atoms with E-state index in [-0.39, 0.29) is 17.9 Å². The Morgan fingerprint density at radius 3 is 2.08 bits per heavy atom. The average molecular weight is 321 g/mol. The fraction of sp³-hybridized carbons (Fsp3) is 0.286. The van der Waals surface area contributed by atoms with Crippen LogP contribution in [-0.2, 0) is 9.53 Å². The molecule has 2 aromatic rings. The minimum atomic E-state index is -0.283. The molecule has 0 aliphatic carbocycles. The van der Waals surface area contributed by atoms with E-state index >= 15 is 0 Å². The van der Waals surface area contributed by atoms with E-state index in [4.69, 9.17) is 4.74 Å². The molecule has 2 atom stereocenters. The Bertz CT molecular complexity index is 705. The molecular formula is C21H23NO2. The van der Waals surface area contributed by atoms with Crippen molar-refractivity contribution in [3.05, 3.63) is 77.9 Å². The van der Waals surface area contributed by atoms with Crippen molar-refractivity contribution in [2.24, 2.45) is 0 Å². The van der Waals surface area contributed by atoms with Crippen LogP contribution in [0.25, 0.3) is 5.76 Å². The molecule has 0 saturated heterocycles. The van der Waals surface area contributed by atoms with Gasteiger partial charge in [-0.15, -0.1) is 0 Å². The number of rotatable bonds is 5. The van der Waals surface area contributed by atoms with Gasteiger partial charge in [0.05, 0.1) is 0 Å². The summed E-state index contributed by atoms with van der Waals surface area (Å²) in [6.07, 6.45) is 2.09. The maximum Gasteiger partial charge on any atom is 0.329 e. The van der Waals surface area contributed by atoms with E-state index in [2.05, 4.69) is 37.0 Å².